The first-order valence-corrected chi connectivity index (χ1v) is 11.4. The van der Waals surface area contributed by atoms with Crippen LogP contribution in [0.15, 0.2) is 30.3 Å². The van der Waals surface area contributed by atoms with Crippen molar-refractivity contribution >= 4 is 5.91 Å². The molecule has 4 aliphatic carbocycles. The molecule has 1 aromatic carbocycles. The number of rotatable bonds is 3. The Morgan fingerprint density at radius 2 is 1.75 bits per heavy atom. The van der Waals surface area contributed by atoms with Crippen molar-refractivity contribution in [2.24, 2.45) is 28.4 Å². The molecule has 3 N–H and O–H groups in total. The third-order valence-corrected chi connectivity index (χ3v) is 8.64. The normalized spacial score (nSPS) is 47.1. The van der Waals surface area contributed by atoms with Crippen LogP contribution >= 0.6 is 0 Å². The van der Waals surface area contributed by atoms with Crippen molar-refractivity contribution in [1.29, 1.82) is 0 Å². The highest BCUT2D eigenvalue weighted by atomic mass is 16.2. The molecule has 4 atom stereocenters. The first-order chi connectivity index (χ1) is 13.3. The lowest BCUT2D eigenvalue weighted by Gasteiger charge is -2.58. The lowest BCUT2D eigenvalue weighted by atomic mass is 9.50. The summed E-state index contributed by atoms with van der Waals surface area (Å²) in [5, 5.41) is 3.45. The Labute approximate surface area is 169 Å². The Bertz CT molecular complexity index is 743. The number of hydrogen-bond donors (Lipinski definition) is 2. The molecule has 4 aliphatic rings. The fourth-order valence-electron chi connectivity index (χ4n) is 7.93. The van der Waals surface area contributed by atoms with Gasteiger partial charge in [-0.3, -0.25) is 4.79 Å². The van der Waals surface area contributed by atoms with E-state index in [1.165, 1.54) is 24.8 Å². The molecule has 1 spiro atoms. The summed E-state index contributed by atoms with van der Waals surface area (Å²) in [5.74, 6) is 1.74. The van der Waals surface area contributed by atoms with E-state index in [0.717, 1.165) is 44.4 Å². The summed E-state index contributed by atoms with van der Waals surface area (Å²) in [6, 6.07) is 11.8. The smallest absolute Gasteiger partial charge is 0.226 e. The largest absolute Gasteiger partial charge is 0.353 e. The Kier molecular flexibility index (Phi) is 4.21. The lowest BCUT2D eigenvalue weighted by Crippen LogP contribution is -2.61. The molecule has 0 aromatic heterocycles. The van der Waals surface area contributed by atoms with Crippen LogP contribution in [0.3, 0.4) is 0 Å². The summed E-state index contributed by atoms with van der Waals surface area (Å²) in [5.41, 5.74) is 7.86. The van der Waals surface area contributed by atoms with Crippen molar-refractivity contribution in [3.63, 3.8) is 0 Å². The molecule has 1 aromatic rings. The van der Waals surface area contributed by atoms with Crippen LogP contribution in [0, 0.1) is 22.7 Å². The van der Waals surface area contributed by atoms with Crippen molar-refractivity contribution in [3.05, 3.63) is 35.9 Å². The topological polar surface area (TPSA) is 55.1 Å². The maximum atomic E-state index is 13.5. The number of fused-ring (bicyclic) bond motifs is 2. The van der Waals surface area contributed by atoms with E-state index in [4.69, 9.17) is 5.73 Å². The van der Waals surface area contributed by atoms with Crippen LogP contribution < -0.4 is 11.1 Å². The fraction of sp³-hybridized carbons (Fsp3) is 0.720. The van der Waals surface area contributed by atoms with Crippen molar-refractivity contribution in [1.82, 2.24) is 5.32 Å². The van der Waals surface area contributed by atoms with E-state index in [-0.39, 0.29) is 10.8 Å². The molecule has 28 heavy (non-hydrogen) atoms. The van der Waals surface area contributed by atoms with Gasteiger partial charge in [0, 0.05) is 17.5 Å². The molecule has 0 aliphatic heterocycles. The Balaban J connectivity index is 1.32. The highest BCUT2D eigenvalue weighted by Crippen LogP contribution is 2.59. The Morgan fingerprint density at radius 3 is 2.43 bits per heavy atom. The highest BCUT2D eigenvalue weighted by molar-refractivity contribution is 5.83. The number of carbonyl (C=O) groups is 1. The number of nitrogens with two attached hydrogens (primary N) is 1. The predicted molar refractivity (Wildman–Crippen MR) is 113 cm³/mol. The van der Waals surface area contributed by atoms with Gasteiger partial charge < -0.3 is 11.1 Å². The van der Waals surface area contributed by atoms with Crippen molar-refractivity contribution in [2.45, 2.75) is 89.1 Å². The molecule has 4 saturated carbocycles. The minimum absolute atomic E-state index is 0.176. The minimum Gasteiger partial charge on any atom is -0.353 e. The molecule has 1 amide bonds. The van der Waals surface area contributed by atoms with Gasteiger partial charge >= 0.3 is 0 Å². The van der Waals surface area contributed by atoms with Crippen LogP contribution in [0.4, 0.5) is 0 Å². The first-order valence-electron chi connectivity index (χ1n) is 11.4. The molecule has 4 fully saturated rings. The van der Waals surface area contributed by atoms with E-state index >= 15 is 0 Å². The molecule has 3 nitrogen and oxygen atoms in total. The molecule has 0 heterocycles. The number of carbonyl (C=O) groups excluding carboxylic acids is 1. The second-order valence-corrected chi connectivity index (χ2v) is 11.5. The van der Waals surface area contributed by atoms with E-state index in [1.807, 2.05) is 0 Å². The zero-order valence-electron chi connectivity index (χ0n) is 17.5. The average Bonchev–Trinajstić information content (AvgIpc) is 2.58. The molecular formula is C25H36N2O. The molecule has 4 unspecified atom stereocenters. The summed E-state index contributed by atoms with van der Waals surface area (Å²) in [4.78, 5) is 13.5. The summed E-state index contributed by atoms with van der Waals surface area (Å²) in [6.45, 7) is 4.65. The molecular weight excluding hydrogens is 344 g/mol. The molecule has 3 heteroatoms. The number of amides is 1. The van der Waals surface area contributed by atoms with Crippen LogP contribution in [0.25, 0.3) is 0 Å². The first kappa shape index (κ1) is 18.7. The number of nitrogens with one attached hydrogen (secondary N) is 1. The van der Waals surface area contributed by atoms with Crippen molar-refractivity contribution in [2.75, 3.05) is 0 Å². The predicted octanol–water partition coefficient (Wildman–Crippen LogP) is 4.55. The average molecular weight is 381 g/mol. The number of hydrogen-bond acceptors (Lipinski definition) is 2. The van der Waals surface area contributed by atoms with Crippen LogP contribution in [0.5, 0.6) is 0 Å². The van der Waals surface area contributed by atoms with Crippen molar-refractivity contribution in [3.8, 4) is 0 Å². The molecule has 0 radical (unpaired) electrons. The van der Waals surface area contributed by atoms with E-state index in [2.05, 4.69) is 49.5 Å². The van der Waals surface area contributed by atoms with Crippen LogP contribution in [-0.4, -0.2) is 18.0 Å². The molecule has 5 rings (SSSR count). The summed E-state index contributed by atoms with van der Waals surface area (Å²) in [6.07, 6.45) is 10.4. The van der Waals surface area contributed by atoms with Gasteiger partial charge in [-0.15, -0.1) is 0 Å². The van der Waals surface area contributed by atoms with E-state index in [0.29, 0.717) is 29.3 Å². The quantitative estimate of drug-likeness (QED) is 0.808. The van der Waals surface area contributed by atoms with Crippen LogP contribution in [-0.2, 0) is 10.2 Å². The Hall–Kier alpha value is -1.35. The van der Waals surface area contributed by atoms with Gasteiger partial charge in [0.2, 0.25) is 5.91 Å². The lowest BCUT2D eigenvalue weighted by molar-refractivity contribution is -0.140. The molecule has 152 valence electrons. The van der Waals surface area contributed by atoms with E-state index in [1.54, 1.807) is 0 Å². The maximum absolute atomic E-state index is 13.5. The van der Waals surface area contributed by atoms with E-state index in [9.17, 15) is 4.79 Å². The summed E-state index contributed by atoms with van der Waals surface area (Å²) >= 11 is 0. The standard InChI is InChI=1S/C25H36N2O/c1-17-8-18-10-23(2,16-25(9-17,11-18)19-6-4-3-5-7-19)22(28)27-21-14-24(15-21)12-20(26)13-24/h3-7,17-18,20-21H,8-16,26H2,1-2H3,(H,27,28). The fourth-order valence-corrected chi connectivity index (χ4v) is 7.93. The third kappa shape index (κ3) is 3.01. The molecule has 2 bridgehead atoms. The van der Waals surface area contributed by atoms with Gasteiger partial charge in [0.05, 0.1) is 0 Å². The zero-order valence-corrected chi connectivity index (χ0v) is 17.5. The van der Waals surface area contributed by atoms with Crippen LogP contribution in [0.2, 0.25) is 0 Å². The highest BCUT2D eigenvalue weighted by Gasteiger charge is 2.55. The van der Waals surface area contributed by atoms with E-state index < -0.39 is 0 Å². The van der Waals surface area contributed by atoms with Gasteiger partial charge in [0.25, 0.3) is 0 Å². The van der Waals surface area contributed by atoms with Crippen LogP contribution in [0.1, 0.15) is 77.2 Å². The van der Waals surface area contributed by atoms with Crippen molar-refractivity contribution < 1.29 is 4.79 Å². The second-order valence-electron chi connectivity index (χ2n) is 11.5. The van der Waals surface area contributed by atoms with Gasteiger partial charge in [-0.2, -0.15) is 0 Å². The minimum atomic E-state index is -0.238. The van der Waals surface area contributed by atoms with Gasteiger partial charge in [0.1, 0.15) is 0 Å². The number of benzene rings is 1. The SMILES string of the molecule is CC1CC2CC(C)(C(=O)NC3CC4(CC(N)C4)C3)CC(c3ccccc3)(C1)C2. The van der Waals surface area contributed by atoms with Gasteiger partial charge in [0.15, 0.2) is 0 Å². The van der Waals surface area contributed by atoms with Gasteiger partial charge in [-0.1, -0.05) is 44.2 Å². The van der Waals surface area contributed by atoms with Gasteiger partial charge in [-0.25, -0.2) is 0 Å². The Morgan fingerprint density at radius 1 is 1.04 bits per heavy atom. The zero-order chi connectivity index (χ0) is 19.6. The van der Waals surface area contributed by atoms with Gasteiger partial charge in [-0.05, 0) is 86.0 Å². The summed E-state index contributed by atoms with van der Waals surface area (Å²) in [7, 11) is 0. The monoisotopic (exact) mass is 380 g/mol. The third-order valence-electron chi connectivity index (χ3n) is 8.64. The second kappa shape index (κ2) is 6.32. The summed E-state index contributed by atoms with van der Waals surface area (Å²) < 4.78 is 0. The maximum Gasteiger partial charge on any atom is 0.226 e. The molecule has 0 saturated heterocycles.